The maximum absolute atomic E-state index is 12.3. The molecule has 1 aliphatic rings. The number of likely N-dealkylation sites (N-methyl/N-ethyl adjacent to an activating group) is 1. The SMILES string of the molecule is CCNC(=O)C1CNCCN1C(C)c1ccc(C)c(C)c1. The van der Waals surface area contributed by atoms with Crippen LogP contribution in [-0.2, 0) is 4.79 Å². The summed E-state index contributed by atoms with van der Waals surface area (Å²) < 4.78 is 0. The van der Waals surface area contributed by atoms with Crippen molar-refractivity contribution in [3.63, 3.8) is 0 Å². The number of nitrogens with one attached hydrogen (secondary N) is 2. The molecule has 0 aliphatic carbocycles. The molecule has 1 amide bonds. The number of piperazine rings is 1. The van der Waals surface area contributed by atoms with Crippen LogP contribution >= 0.6 is 0 Å². The van der Waals surface area contributed by atoms with E-state index in [0.29, 0.717) is 6.54 Å². The molecule has 0 saturated carbocycles. The summed E-state index contributed by atoms with van der Waals surface area (Å²) in [7, 11) is 0. The first kappa shape index (κ1) is 16.0. The van der Waals surface area contributed by atoms with E-state index in [4.69, 9.17) is 0 Å². The topological polar surface area (TPSA) is 44.4 Å². The van der Waals surface area contributed by atoms with Gasteiger partial charge in [-0.1, -0.05) is 18.2 Å². The van der Waals surface area contributed by atoms with E-state index >= 15 is 0 Å². The molecule has 4 nitrogen and oxygen atoms in total. The molecule has 1 fully saturated rings. The van der Waals surface area contributed by atoms with E-state index < -0.39 is 0 Å². The summed E-state index contributed by atoms with van der Waals surface area (Å²) in [5, 5.41) is 6.28. The van der Waals surface area contributed by atoms with Crippen molar-refractivity contribution in [3.8, 4) is 0 Å². The van der Waals surface area contributed by atoms with Crippen LogP contribution in [0.2, 0.25) is 0 Å². The molecule has 1 aromatic rings. The highest BCUT2D eigenvalue weighted by molar-refractivity contribution is 5.82. The van der Waals surface area contributed by atoms with Crippen molar-refractivity contribution >= 4 is 5.91 Å². The summed E-state index contributed by atoms with van der Waals surface area (Å²) in [5.41, 5.74) is 3.91. The number of hydrogen-bond donors (Lipinski definition) is 2. The number of nitrogens with zero attached hydrogens (tertiary/aromatic N) is 1. The second-order valence-electron chi connectivity index (χ2n) is 5.87. The monoisotopic (exact) mass is 289 g/mol. The quantitative estimate of drug-likeness (QED) is 0.888. The van der Waals surface area contributed by atoms with Crippen LogP contribution in [0.4, 0.5) is 0 Å². The molecule has 2 atom stereocenters. The maximum atomic E-state index is 12.3. The summed E-state index contributed by atoms with van der Waals surface area (Å²) in [6.45, 7) is 11.7. The third-order valence-electron chi connectivity index (χ3n) is 4.45. The van der Waals surface area contributed by atoms with Crippen LogP contribution in [0.25, 0.3) is 0 Å². The summed E-state index contributed by atoms with van der Waals surface area (Å²) in [6, 6.07) is 6.76. The lowest BCUT2D eigenvalue weighted by atomic mass is 9.99. The third kappa shape index (κ3) is 3.63. The number of hydrogen-bond acceptors (Lipinski definition) is 3. The van der Waals surface area contributed by atoms with Gasteiger partial charge < -0.3 is 10.6 Å². The molecule has 1 heterocycles. The fourth-order valence-corrected chi connectivity index (χ4v) is 2.93. The molecule has 0 spiro atoms. The standard InChI is InChI=1S/C17H27N3O/c1-5-19-17(21)16-11-18-8-9-20(16)14(4)15-7-6-12(2)13(3)10-15/h6-7,10,14,16,18H,5,8-9,11H2,1-4H3,(H,19,21). The van der Waals surface area contributed by atoms with Gasteiger partial charge in [-0.25, -0.2) is 0 Å². The first-order valence-electron chi connectivity index (χ1n) is 7.86. The van der Waals surface area contributed by atoms with Gasteiger partial charge in [0.05, 0.1) is 0 Å². The van der Waals surface area contributed by atoms with Crippen LogP contribution in [0, 0.1) is 13.8 Å². The molecule has 21 heavy (non-hydrogen) atoms. The molecular weight excluding hydrogens is 262 g/mol. The highest BCUT2D eigenvalue weighted by atomic mass is 16.2. The lowest BCUT2D eigenvalue weighted by Gasteiger charge is -2.39. The van der Waals surface area contributed by atoms with Gasteiger partial charge in [-0.3, -0.25) is 9.69 Å². The molecule has 0 aromatic heterocycles. The molecule has 2 unspecified atom stereocenters. The normalized spacial score (nSPS) is 21.0. The lowest BCUT2D eigenvalue weighted by Crippen LogP contribution is -2.58. The van der Waals surface area contributed by atoms with Crippen LogP contribution in [0.1, 0.15) is 36.6 Å². The smallest absolute Gasteiger partial charge is 0.238 e. The van der Waals surface area contributed by atoms with E-state index in [2.05, 4.69) is 54.5 Å². The molecule has 1 aromatic carbocycles. The molecule has 0 radical (unpaired) electrons. The number of rotatable bonds is 4. The first-order valence-corrected chi connectivity index (χ1v) is 7.86. The number of benzene rings is 1. The molecule has 2 N–H and O–H groups in total. The van der Waals surface area contributed by atoms with E-state index in [1.807, 2.05) is 6.92 Å². The minimum atomic E-state index is -0.0877. The third-order valence-corrected chi connectivity index (χ3v) is 4.45. The van der Waals surface area contributed by atoms with Gasteiger partial charge in [-0.05, 0) is 44.4 Å². The van der Waals surface area contributed by atoms with Crippen molar-refractivity contribution < 1.29 is 4.79 Å². The fraction of sp³-hybridized carbons (Fsp3) is 0.588. The zero-order valence-corrected chi connectivity index (χ0v) is 13.6. The second-order valence-corrected chi connectivity index (χ2v) is 5.87. The number of amides is 1. The largest absolute Gasteiger partial charge is 0.355 e. The molecule has 4 heteroatoms. The van der Waals surface area contributed by atoms with Gasteiger partial charge in [0.25, 0.3) is 0 Å². The Bertz CT molecular complexity index is 501. The molecule has 0 bridgehead atoms. The Morgan fingerprint density at radius 2 is 2.19 bits per heavy atom. The minimum Gasteiger partial charge on any atom is -0.355 e. The Hall–Kier alpha value is -1.39. The average molecular weight is 289 g/mol. The Balaban J connectivity index is 2.19. The summed E-state index contributed by atoms with van der Waals surface area (Å²) >= 11 is 0. The van der Waals surface area contributed by atoms with Crippen molar-refractivity contribution in [1.29, 1.82) is 0 Å². The van der Waals surface area contributed by atoms with E-state index in [9.17, 15) is 4.79 Å². The first-order chi connectivity index (χ1) is 10.0. The highest BCUT2D eigenvalue weighted by Gasteiger charge is 2.32. The van der Waals surface area contributed by atoms with Crippen molar-refractivity contribution in [2.24, 2.45) is 0 Å². The second kappa shape index (κ2) is 7.05. The van der Waals surface area contributed by atoms with Crippen molar-refractivity contribution in [3.05, 3.63) is 34.9 Å². The van der Waals surface area contributed by atoms with E-state index in [0.717, 1.165) is 19.6 Å². The number of carbonyl (C=O) groups is 1. The van der Waals surface area contributed by atoms with Crippen molar-refractivity contribution in [1.82, 2.24) is 15.5 Å². The summed E-state index contributed by atoms with van der Waals surface area (Å²) in [6.07, 6.45) is 0. The summed E-state index contributed by atoms with van der Waals surface area (Å²) in [5.74, 6) is 0.125. The van der Waals surface area contributed by atoms with Gasteiger partial charge in [0, 0.05) is 32.2 Å². The van der Waals surface area contributed by atoms with Gasteiger partial charge in [0.2, 0.25) is 5.91 Å². The van der Waals surface area contributed by atoms with Gasteiger partial charge >= 0.3 is 0 Å². The van der Waals surface area contributed by atoms with Crippen molar-refractivity contribution in [2.45, 2.75) is 39.8 Å². The number of aryl methyl sites for hydroxylation is 2. The molecule has 1 saturated heterocycles. The predicted octanol–water partition coefficient (Wildman–Crippen LogP) is 1.77. The zero-order chi connectivity index (χ0) is 15.4. The Kier molecular flexibility index (Phi) is 5.37. The van der Waals surface area contributed by atoms with Crippen molar-refractivity contribution in [2.75, 3.05) is 26.2 Å². The van der Waals surface area contributed by atoms with Crippen LogP contribution in [0.3, 0.4) is 0 Å². The maximum Gasteiger partial charge on any atom is 0.238 e. The number of carbonyl (C=O) groups excluding carboxylic acids is 1. The van der Waals surface area contributed by atoms with E-state index in [1.165, 1.54) is 16.7 Å². The van der Waals surface area contributed by atoms with Crippen LogP contribution in [-0.4, -0.2) is 43.0 Å². The average Bonchev–Trinajstić information content (AvgIpc) is 2.49. The zero-order valence-electron chi connectivity index (χ0n) is 13.6. The molecule has 116 valence electrons. The van der Waals surface area contributed by atoms with Crippen LogP contribution in [0.15, 0.2) is 18.2 Å². The van der Waals surface area contributed by atoms with Gasteiger partial charge in [0.15, 0.2) is 0 Å². The fourth-order valence-electron chi connectivity index (χ4n) is 2.93. The molecular formula is C17H27N3O. The minimum absolute atomic E-state index is 0.0877. The van der Waals surface area contributed by atoms with Crippen LogP contribution < -0.4 is 10.6 Å². The highest BCUT2D eigenvalue weighted by Crippen LogP contribution is 2.25. The Labute approximate surface area is 127 Å². The lowest BCUT2D eigenvalue weighted by molar-refractivity contribution is -0.128. The molecule has 1 aliphatic heterocycles. The van der Waals surface area contributed by atoms with E-state index in [-0.39, 0.29) is 18.0 Å². The Morgan fingerprint density at radius 3 is 2.86 bits per heavy atom. The summed E-state index contributed by atoms with van der Waals surface area (Å²) in [4.78, 5) is 14.6. The van der Waals surface area contributed by atoms with E-state index in [1.54, 1.807) is 0 Å². The molecule has 2 rings (SSSR count). The van der Waals surface area contributed by atoms with Crippen LogP contribution in [0.5, 0.6) is 0 Å². The van der Waals surface area contributed by atoms with Gasteiger partial charge in [0.1, 0.15) is 6.04 Å². The van der Waals surface area contributed by atoms with Gasteiger partial charge in [-0.15, -0.1) is 0 Å². The predicted molar refractivity (Wildman–Crippen MR) is 86.4 cm³/mol. The Morgan fingerprint density at radius 1 is 1.43 bits per heavy atom. The van der Waals surface area contributed by atoms with Gasteiger partial charge in [-0.2, -0.15) is 0 Å².